The Kier molecular flexibility index (Phi) is 8.14. The van der Waals surface area contributed by atoms with Gasteiger partial charge in [0, 0.05) is 43.3 Å². The summed E-state index contributed by atoms with van der Waals surface area (Å²) in [6.45, 7) is 2.26. The molecule has 12 nitrogen and oxygen atoms in total. The summed E-state index contributed by atoms with van der Waals surface area (Å²) in [7, 11) is 0. The number of carbonyl (C=O) groups is 2. The number of fused-ring (bicyclic) bond motifs is 1. The number of benzene rings is 2. The highest BCUT2D eigenvalue weighted by Gasteiger charge is 2.36. The second-order valence-electron chi connectivity index (χ2n) is 12.0. The third-order valence-corrected chi connectivity index (χ3v) is 8.54. The predicted octanol–water partition coefficient (Wildman–Crippen LogP) is 2.98. The average molecular weight is 629 g/mol. The molecular weight excluding hydrogens is 594 g/mol. The van der Waals surface area contributed by atoms with Crippen molar-refractivity contribution in [1.82, 2.24) is 9.88 Å². The summed E-state index contributed by atoms with van der Waals surface area (Å²) in [5.74, 6) is -2.85. The van der Waals surface area contributed by atoms with Gasteiger partial charge >= 0.3 is 12.1 Å². The van der Waals surface area contributed by atoms with Crippen LogP contribution >= 0.6 is 0 Å². The highest BCUT2D eigenvalue weighted by Crippen LogP contribution is 2.39. The van der Waals surface area contributed by atoms with Crippen LogP contribution in [0.3, 0.4) is 0 Å². The summed E-state index contributed by atoms with van der Waals surface area (Å²) in [6, 6.07) is 6.73. The number of carboxylic acid groups (broad SMARTS) is 1. The monoisotopic (exact) mass is 628 g/mol. The number of carboxylic acids is 1. The van der Waals surface area contributed by atoms with E-state index in [0.717, 1.165) is 25.0 Å². The van der Waals surface area contributed by atoms with Crippen molar-refractivity contribution >= 4 is 34.3 Å². The molecule has 2 aliphatic heterocycles. The molecule has 3 aliphatic rings. The van der Waals surface area contributed by atoms with Crippen LogP contribution < -0.4 is 25.3 Å². The Hall–Kier alpha value is -4.27. The number of anilines is 2. The number of carbonyl (C=O) groups excluding carboxylic acids is 1. The number of aromatic carboxylic acids is 1. The Morgan fingerprint density at radius 2 is 1.89 bits per heavy atom. The number of rotatable bonds is 10. The third kappa shape index (κ3) is 6.30. The Morgan fingerprint density at radius 1 is 1.16 bits per heavy atom. The quantitative estimate of drug-likeness (QED) is 0.247. The van der Waals surface area contributed by atoms with Crippen molar-refractivity contribution in [3.05, 3.63) is 63.9 Å². The zero-order valence-electron chi connectivity index (χ0n) is 24.5. The van der Waals surface area contributed by atoms with E-state index in [1.165, 1.54) is 23.2 Å². The molecule has 1 aliphatic carbocycles. The lowest BCUT2D eigenvalue weighted by Gasteiger charge is -2.39. The molecule has 3 heterocycles. The van der Waals surface area contributed by atoms with Gasteiger partial charge in [-0.25, -0.2) is 18.4 Å². The summed E-state index contributed by atoms with van der Waals surface area (Å²) in [6.07, 6.45) is 1.46. The molecule has 2 atom stereocenters. The van der Waals surface area contributed by atoms with Gasteiger partial charge in [-0.3, -0.25) is 15.0 Å². The van der Waals surface area contributed by atoms with E-state index in [0.29, 0.717) is 5.52 Å². The van der Waals surface area contributed by atoms with E-state index in [2.05, 4.69) is 5.32 Å². The number of nitrogens with one attached hydrogen (secondary N) is 1. The summed E-state index contributed by atoms with van der Waals surface area (Å²) in [5.41, 5.74) is -1.47. The lowest BCUT2D eigenvalue weighted by atomic mass is 9.92. The molecule has 240 valence electrons. The minimum Gasteiger partial charge on any atom is -0.488 e. The van der Waals surface area contributed by atoms with Crippen LogP contribution in [0.15, 0.2) is 41.3 Å². The zero-order chi connectivity index (χ0) is 32.0. The molecule has 1 aromatic heterocycles. The molecule has 6 rings (SSSR count). The van der Waals surface area contributed by atoms with Crippen LogP contribution in [-0.2, 0) is 4.74 Å². The molecule has 1 amide bonds. The predicted molar refractivity (Wildman–Crippen MR) is 159 cm³/mol. The number of aliphatic hydroxyl groups excluding tert-OH is 1. The molecule has 4 N–H and O–H groups in total. The lowest BCUT2D eigenvalue weighted by molar-refractivity contribution is -0.0250. The number of aliphatic hydroxyl groups is 2. The fourth-order valence-corrected chi connectivity index (χ4v) is 5.84. The first-order chi connectivity index (χ1) is 21.4. The van der Waals surface area contributed by atoms with Gasteiger partial charge in [-0.15, -0.1) is 0 Å². The Morgan fingerprint density at radius 3 is 2.53 bits per heavy atom. The maximum atomic E-state index is 15.3. The van der Waals surface area contributed by atoms with E-state index in [-0.39, 0.29) is 74.2 Å². The molecule has 0 bridgehead atoms. The Balaban J connectivity index is 1.10. The van der Waals surface area contributed by atoms with Crippen molar-refractivity contribution in [2.24, 2.45) is 0 Å². The minimum atomic E-state index is -1.36. The van der Waals surface area contributed by atoms with Gasteiger partial charge in [-0.1, -0.05) is 0 Å². The fourth-order valence-electron chi connectivity index (χ4n) is 5.84. The first-order valence-electron chi connectivity index (χ1n) is 14.8. The van der Waals surface area contributed by atoms with E-state index < -0.39 is 52.6 Å². The van der Waals surface area contributed by atoms with Crippen molar-refractivity contribution in [3.63, 3.8) is 0 Å². The summed E-state index contributed by atoms with van der Waals surface area (Å²) >= 11 is 0. The number of amides is 1. The van der Waals surface area contributed by atoms with E-state index in [1.807, 2.05) is 0 Å². The van der Waals surface area contributed by atoms with E-state index in [1.54, 1.807) is 22.5 Å². The number of ether oxygens (including phenoxy) is 2. The van der Waals surface area contributed by atoms with Crippen LogP contribution in [0.25, 0.3) is 10.9 Å². The molecule has 2 saturated heterocycles. The number of cyclic esters (lactones) is 1. The summed E-state index contributed by atoms with van der Waals surface area (Å²) < 4.78 is 42.9. The van der Waals surface area contributed by atoms with Crippen molar-refractivity contribution in [3.8, 4) is 5.75 Å². The molecule has 1 saturated carbocycles. The largest absolute Gasteiger partial charge is 0.488 e. The van der Waals surface area contributed by atoms with Gasteiger partial charge in [0.15, 0.2) is 11.6 Å². The Bertz CT molecular complexity index is 1700. The zero-order valence-corrected chi connectivity index (χ0v) is 24.5. The van der Waals surface area contributed by atoms with Gasteiger partial charge in [-0.05, 0) is 56.9 Å². The van der Waals surface area contributed by atoms with Crippen molar-refractivity contribution in [2.75, 3.05) is 42.6 Å². The molecule has 3 fully saturated rings. The van der Waals surface area contributed by atoms with Gasteiger partial charge in [0.25, 0.3) is 0 Å². The number of nitrogens with zero attached hydrogens (tertiary/aromatic N) is 3. The van der Waals surface area contributed by atoms with Crippen molar-refractivity contribution in [2.45, 2.75) is 56.6 Å². The minimum absolute atomic E-state index is 0.00721. The smallest absolute Gasteiger partial charge is 0.414 e. The van der Waals surface area contributed by atoms with E-state index in [4.69, 9.17) is 9.47 Å². The van der Waals surface area contributed by atoms with Gasteiger partial charge in [-0.2, -0.15) is 0 Å². The normalized spacial score (nSPS) is 20.4. The molecule has 0 spiro atoms. The molecule has 45 heavy (non-hydrogen) atoms. The van der Waals surface area contributed by atoms with Gasteiger partial charge in [0.05, 0.1) is 23.4 Å². The molecule has 2 unspecified atom stereocenters. The average Bonchev–Trinajstić information content (AvgIpc) is 3.77. The molecular formula is C31H34F2N4O8. The number of piperidine rings is 1. The maximum Gasteiger partial charge on any atom is 0.414 e. The van der Waals surface area contributed by atoms with E-state index in [9.17, 15) is 34.1 Å². The highest BCUT2D eigenvalue weighted by molar-refractivity contribution is 5.93. The van der Waals surface area contributed by atoms with Crippen LogP contribution in [0.5, 0.6) is 5.75 Å². The van der Waals surface area contributed by atoms with Crippen LogP contribution in [0, 0.1) is 11.6 Å². The van der Waals surface area contributed by atoms with Gasteiger partial charge in [0.2, 0.25) is 5.43 Å². The molecule has 14 heteroatoms. The first kappa shape index (κ1) is 30.7. The molecule has 0 radical (unpaired) electrons. The SMILES string of the molecule is CC(O)NCC1CN(c2ccc(OCC3(O)CCN(c4cc5c(cc4F)c(=O)c(C(=O)O)cn5C4CC4)CC3)c(F)c2)C(=O)O1. The van der Waals surface area contributed by atoms with Crippen molar-refractivity contribution < 1.29 is 43.2 Å². The molecule has 3 aromatic rings. The van der Waals surface area contributed by atoms with E-state index >= 15 is 4.39 Å². The number of pyridine rings is 1. The number of halogens is 2. The lowest BCUT2D eigenvalue weighted by Crippen LogP contribution is -2.48. The van der Waals surface area contributed by atoms with Gasteiger partial charge < -0.3 is 34.3 Å². The highest BCUT2D eigenvalue weighted by atomic mass is 19.1. The fraction of sp³-hybridized carbons (Fsp3) is 0.452. The van der Waals surface area contributed by atoms with Crippen LogP contribution in [0.2, 0.25) is 0 Å². The van der Waals surface area contributed by atoms with Crippen LogP contribution in [-0.4, -0.2) is 82.7 Å². The molecule has 2 aromatic carbocycles. The standard InChI is InChI=1S/C31H34F2N4O8/c1-17(38)34-13-20-14-37(30(42)45-20)19-4-5-27(24(33)10-19)44-16-31(43)6-8-35(9-7-31)26-12-25-21(11-23(26)32)28(39)22(29(40)41)15-36(25)18-2-3-18/h4-5,10-12,15,17-18,20,34,38,43H,2-3,6-9,13-14,16H2,1H3,(H,40,41). The number of aromatic nitrogens is 1. The third-order valence-electron chi connectivity index (χ3n) is 8.54. The number of hydrogen-bond acceptors (Lipinski definition) is 9. The van der Waals surface area contributed by atoms with Crippen LogP contribution in [0.4, 0.5) is 25.0 Å². The van der Waals surface area contributed by atoms with Crippen molar-refractivity contribution in [1.29, 1.82) is 0 Å². The second kappa shape index (κ2) is 11.9. The second-order valence-corrected chi connectivity index (χ2v) is 12.0. The topological polar surface area (TPSA) is 154 Å². The Labute approximate surface area is 256 Å². The number of hydrogen-bond donors (Lipinski definition) is 4. The first-order valence-corrected chi connectivity index (χ1v) is 14.8. The van der Waals surface area contributed by atoms with Crippen LogP contribution in [0.1, 0.15) is 49.0 Å². The maximum absolute atomic E-state index is 15.3. The summed E-state index contributed by atoms with van der Waals surface area (Å²) in [4.78, 5) is 39.7. The van der Waals surface area contributed by atoms with Gasteiger partial charge in [0.1, 0.15) is 35.9 Å². The summed E-state index contributed by atoms with van der Waals surface area (Å²) in [5, 5.41) is 32.8.